The summed E-state index contributed by atoms with van der Waals surface area (Å²) in [7, 11) is 1.33. The molecular weight excluding hydrogens is 320 g/mol. The van der Waals surface area contributed by atoms with Crippen molar-refractivity contribution in [3.63, 3.8) is 0 Å². The molecule has 2 aromatic carbocycles. The number of halogens is 2. The first-order chi connectivity index (χ1) is 11.5. The van der Waals surface area contributed by atoms with E-state index < -0.39 is 30.1 Å². The SMILES string of the molecule is COc1ccc(CC(=O)OCC(=O)Nc2ccccc2F)cc1F. The lowest BCUT2D eigenvalue weighted by molar-refractivity contribution is -0.146. The zero-order chi connectivity index (χ0) is 17.5. The number of carbonyl (C=O) groups is 2. The van der Waals surface area contributed by atoms with Crippen LogP contribution in [0.2, 0.25) is 0 Å². The molecule has 126 valence electrons. The second kappa shape index (κ2) is 8.05. The molecule has 0 aliphatic heterocycles. The third kappa shape index (κ3) is 4.77. The normalized spacial score (nSPS) is 10.1. The standard InChI is InChI=1S/C17H15F2NO4/c1-23-15-7-6-11(8-13(15)19)9-17(22)24-10-16(21)20-14-5-3-2-4-12(14)18/h2-8H,9-10H2,1H3,(H,20,21). The Kier molecular flexibility index (Phi) is 5.83. The number of ether oxygens (including phenoxy) is 2. The maximum Gasteiger partial charge on any atom is 0.310 e. The minimum atomic E-state index is -0.705. The summed E-state index contributed by atoms with van der Waals surface area (Å²) in [5.41, 5.74) is 0.378. The molecular formula is C17H15F2NO4. The van der Waals surface area contributed by atoms with Crippen molar-refractivity contribution in [1.82, 2.24) is 0 Å². The molecule has 7 heteroatoms. The highest BCUT2D eigenvalue weighted by molar-refractivity contribution is 5.93. The molecule has 0 aliphatic carbocycles. The minimum Gasteiger partial charge on any atom is -0.494 e. The van der Waals surface area contributed by atoms with E-state index in [4.69, 9.17) is 9.47 Å². The monoisotopic (exact) mass is 335 g/mol. The first kappa shape index (κ1) is 17.4. The predicted octanol–water partition coefficient (Wildman–Crippen LogP) is 2.70. The van der Waals surface area contributed by atoms with Gasteiger partial charge in [0.15, 0.2) is 18.2 Å². The Balaban J connectivity index is 1.83. The maximum atomic E-state index is 13.5. The number of esters is 1. The van der Waals surface area contributed by atoms with E-state index in [1.54, 1.807) is 6.07 Å². The van der Waals surface area contributed by atoms with Crippen LogP contribution in [0, 0.1) is 11.6 Å². The number of hydrogen-bond donors (Lipinski definition) is 1. The maximum absolute atomic E-state index is 13.5. The fourth-order valence-electron chi connectivity index (χ4n) is 1.93. The van der Waals surface area contributed by atoms with Crippen molar-refractivity contribution in [2.75, 3.05) is 19.0 Å². The summed E-state index contributed by atoms with van der Waals surface area (Å²) in [4.78, 5) is 23.3. The van der Waals surface area contributed by atoms with Crippen LogP contribution in [0.4, 0.5) is 14.5 Å². The number of carbonyl (C=O) groups excluding carboxylic acids is 2. The Bertz CT molecular complexity index is 749. The lowest BCUT2D eigenvalue weighted by Gasteiger charge is -2.08. The summed E-state index contributed by atoms with van der Waals surface area (Å²) in [5.74, 6) is -2.50. The topological polar surface area (TPSA) is 64.6 Å². The van der Waals surface area contributed by atoms with Crippen molar-refractivity contribution in [1.29, 1.82) is 0 Å². The van der Waals surface area contributed by atoms with Crippen LogP contribution in [0.1, 0.15) is 5.56 Å². The van der Waals surface area contributed by atoms with Gasteiger partial charge < -0.3 is 14.8 Å². The molecule has 0 heterocycles. The van der Waals surface area contributed by atoms with Crippen molar-refractivity contribution < 1.29 is 27.8 Å². The van der Waals surface area contributed by atoms with Gasteiger partial charge in [-0.2, -0.15) is 0 Å². The first-order valence-corrected chi connectivity index (χ1v) is 7.02. The number of methoxy groups -OCH3 is 1. The third-order valence-corrected chi connectivity index (χ3v) is 3.08. The van der Waals surface area contributed by atoms with Gasteiger partial charge in [-0.3, -0.25) is 9.59 Å². The summed E-state index contributed by atoms with van der Waals surface area (Å²) in [5, 5.41) is 2.29. The molecule has 0 saturated heterocycles. The first-order valence-electron chi connectivity index (χ1n) is 7.02. The van der Waals surface area contributed by atoms with Crippen molar-refractivity contribution in [3.8, 4) is 5.75 Å². The highest BCUT2D eigenvalue weighted by atomic mass is 19.1. The van der Waals surface area contributed by atoms with Gasteiger partial charge in [-0.25, -0.2) is 8.78 Å². The largest absolute Gasteiger partial charge is 0.494 e. The van der Waals surface area contributed by atoms with Gasteiger partial charge in [0, 0.05) is 0 Å². The molecule has 0 spiro atoms. The molecule has 2 aromatic rings. The van der Waals surface area contributed by atoms with Gasteiger partial charge in [0.2, 0.25) is 0 Å². The number of anilines is 1. The number of benzene rings is 2. The highest BCUT2D eigenvalue weighted by Gasteiger charge is 2.12. The molecule has 24 heavy (non-hydrogen) atoms. The molecule has 0 aromatic heterocycles. The molecule has 0 fully saturated rings. The molecule has 5 nitrogen and oxygen atoms in total. The van der Waals surface area contributed by atoms with E-state index in [1.165, 1.54) is 37.4 Å². The van der Waals surface area contributed by atoms with E-state index in [1.807, 2.05) is 0 Å². The Hall–Kier alpha value is -2.96. The summed E-state index contributed by atoms with van der Waals surface area (Å²) < 4.78 is 36.5. The smallest absolute Gasteiger partial charge is 0.310 e. The summed E-state index contributed by atoms with van der Waals surface area (Å²) in [6.07, 6.45) is -0.201. The van der Waals surface area contributed by atoms with Crippen molar-refractivity contribution >= 4 is 17.6 Å². The molecule has 1 N–H and O–H groups in total. The van der Waals surface area contributed by atoms with Gasteiger partial charge in [-0.05, 0) is 29.8 Å². The average molecular weight is 335 g/mol. The molecule has 1 amide bonds. The van der Waals surface area contributed by atoms with E-state index >= 15 is 0 Å². The van der Waals surface area contributed by atoms with Gasteiger partial charge in [0.1, 0.15) is 5.82 Å². The van der Waals surface area contributed by atoms with E-state index in [0.29, 0.717) is 5.56 Å². The van der Waals surface area contributed by atoms with Crippen LogP contribution in [-0.4, -0.2) is 25.6 Å². The summed E-state index contributed by atoms with van der Waals surface area (Å²) in [6, 6.07) is 9.68. The van der Waals surface area contributed by atoms with E-state index in [2.05, 4.69) is 5.32 Å². The van der Waals surface area contributed by atoms with Crippen LogP contribution in [0.15, 0.2) is 42.5 Å². The molecule has 0 unspecified atom stereocenters. The van der Waals surface area contributed by atoms with Gasteiger partial charge in [-0.15, -0.1) is 0 Å². The molecule has 0 atom stereocenters. The van der Waals surface area contributed by atoms with Crippen LogP contribution in [0.25, 0.3) is 0 Å². The van der Waals surface area contributed by atoms with Crippen LogP contribution >= 0.6 is 0 Å². The predicted molar refractivity (Wildman–Crippen MR) is 82.6 cm³/mol. The minimum absolute atomic E-state index is 0.00391. The molecule has 0 aliphatic rings. The van der Waals surface area contributed by atoms with Crippen LogP contribution in [0.3, 0.4) is 0 Å². The van der Waals surface area contributed by atoms with E-state index in [0.717, 1.165) is 6.07 Å². The zero-order valence-corrected chi connectivity index (χ0v) is 12.8. The Morgan fingerprint density at radius 3 is 2.50 bits per heavy atom. The second-order valence-electron chi connectivity index (χ2n) is 4.83. The highest BCUT2D eigenvalue weighted by Crippen LogP contribution is 2.18. The Morgan fingerprint density at radius 1 is 1.08 bits per heavy atom. The van der Waals surface area contributed by atoms with Gasteiger partial charge in [-0.1, -0.05) is 18.2 Å². The number of para-hydroxylation sites is 1. The number of nitrogens with one attached hydrogen (secondary N) is 1. The molecule has 0 bridgehead atoms. The van der Waals surface area contributed by atoms with Crippen molar-refractivity contribution in [3.05, 3.63) is 59.7 Å². The molecule has 0 radical (unpaired) electrons. The lowest BCUT2D eigenvalue weighted by Crippen LogP contribution is -2.22. The van der Waals surface area contributed by atoms with Crippen molar-refractivity contribution in [2.45, 2.75) is 6.42 Å². The van der Waals surface area contributed by atoms with Gasteiger partial charge >= 0.3 is 5.97 Å². The zero-order valence-electron chi connectivity index (χ0n) is 12.8. The van der Waals surface area contributed by atoms with Crippen molar-refractivity contribution in [2.24, 2.45) is 0 Å². The van der Waals surface area contributed by atoms with Gasteiger partial charge in [0.25, 0.3) is 5.91 Å². The quantitative estimate of drug-likeness (QED) is 0.825. The number of amides is 1. The lowest BCUT2D eigenvalue weighted by atomic mass is 10.1. The third-order valence-electron chi connectivity index (χ3n) is 3.08. The number of rotatable bonds is 6. The van der Waals surface area contributed by atoms with E-state index in [-0.39, 0.29) is 17.9 Å². The van der Waals surface area contributed by atoms with E-state index in [9.17, 15) is 18.4 Å². The van der Waals surface area contributed by atoms with Crippen LogP contribution < -0.4 is 10.1 Å². The number of hydrogen-bond acceptors (Lipinski definition) is 4. The molecule has 0 saturated carbocycles. The van der Waals surface area contributed by atoms with Crippen LogP contribution in [0.5, 0.6) is 5.75 Å². The van der Waals surface area contributed by atoms with Crippen LogP contribution in [-0.2, 0) is 20.7 Å². The molecule has 2 rings (SSSR count). The van der Waals surface area contributed by atoms with Gasteiger partial charge in [0.05, 0.1) is 19.2 Å². The second-order valence-corrected chi connectivity index (χ2v) is 4.83. The average Bonchev–Trinajstić information content (AvgIpc) is 2.55. The summed E-state index contributed by atoms with van der Waals surface area (Å²) >= 11 is 0. The Morgan fingerprint density at radius 2 is 1.83 bits per heavy atom. The fourth-order valence-corrected chi connectivity index (χ4v) is 1.93. The fraction of sp³-hybridized carbons (Fsp3) is 0.176. The Labute approximate surface area is 137 Å². The summed E-state index contributed by atoms with van der Waals surface area (Å²) in [6.45, 7) is -0.564.